The van der Waals surface area contributed by atoms with Gasteiger partial charge in [-0.2, -0.15) is 0 Å². The summed E-state index contributed by atoms with van der Waals surface area (Å²) in [7, 11) is 0. The van der Waals surface area contributed by atoms with E-state index in [0.29, 0.717) is 25.9 Å². The van der Waals surface area contributed by atoms with Crippen LogP contribution in [-0.2, 0) is 6.54 Å². The smallest absolute Gasteiger partial charge is 0.248 e. The van der Waals surface area contributed by atoms with E-state index in [1.807, 2.05) is 0 Å². The Morgan fingerprint density at radius 3 is 2.47 bits per heavy atom. The van der Waals surface area contributed by atoms with Crippen molar-refractivity contribution in [3.05, 3.63) is 6.33 Å². The average molecular weight is 245 g/mol. The second kappa shape index (κ2) is 4.64. The van der Waals surface area contributed by atoms with Crippen molar-refractivity contribution in [2.45, 2.75) is 44.6 Å². The zero-order valence-electron chi connectivity index (χ0n) is 9.65. The van der Waals surface area contributed by atoms with E-state index in [2.05, 4.69) is 15.5 Å². The van der Waals surface area contributed by atoms with E-state index in [4.69, 9.17) is 5.73 Å². The normalized spacial score (nSPS) is 22.5. The lowest BCUT2D eigenvalue weighted by molar-refractivity contribution is -0.0677. The highest BCUT2D eigenvalue weighted by atomic mass is 19.3. The Morgan fingerprint density at radius 1 is 1.24 bits per heavy atom. The van der Waals surface area contributed by atoms with Crippen LogP contribution < -0.4 is 5.73 Å². The van der Waals surface area contributed by atoms with Crippen LogP contribution in [0.4, 0.5) is 8.78 Å². The van der Waals surface area contributed by atoms with Gasteiger partial charge in [0.2, 0.25) is 5.92 Å². The molecule has 1 aliphatic carbocycles. The number of aryl methyl sites for hydroxylation is 1. The number of nitrogens with two attached hydrogens (primary N) is 1. The number of tetrazole rings is 1. The first kappa shape index (κ1) is 12.3. The highest BCUT2D eigenvalue weighted by Crippen LogP contribution is 2.45. The molecule has 0 amide bonds. The molecule has 0 radical (unpaired) electrons. The fourth-order valence-electron chi connectivity index (χ4n) is 2.34. The van der Waals surface area contributed by atoms with Crippen molar-refractivity contribution in [3.63, 3.8) is 0 Å². The highest BCUT2D eigenvalue weighted by Gasteiger charge is 2.42. The van der Waals surface area contributed by atoms with Gasteiger partial charge in [0, 0.05) is 19.4 Å². The Hall–Kier alpha value is -1.11. The zero-order chi connectivity index (χ0) is 12.4. The molecular formula is C10H17F2N5. The fraction of sp³-hybridized carbons (Fsp3) is 0.900. The lowest BCUT2D eigenvalue weighted by Gasteiger charge is -2.39. The maximum atomic E-state index is 13.1. The van der Waals surface area contributed by atoms with Crippen LogP contribution in [0.15, 0.2) is 6.33 Å². The molecule has 7 heteroatoms. The summed E-state index contributed by atoms with van der Waals surface area (Å²) in [5.74, 6) is -2.51. The third-order valence-corrected chi connectivity index (χ3v) is 3.74. The third-order valence-electron chi connectivity index (χ3n) is 3.74. The summed E-state index contributed by atoms with van der Waals surface area (Å²) >= 11 is 0. The molecule has 5 nitrogen and oxygen atoms in total. The van der Waals surface area contributed by atoms with E-state index in [1.54, 1.807) is 4.68 Å². The van der Waals surface area contributed by atoms with E-state index in [-0.39, 0.29) is 18.3 Å². The molecule has 1 heterocycles. The minimum Gasteiger partial charge on any atom is -0.330 e. The van der Waals surface area contributed by atoms with Crippen molar-refractivity contribution in [3.8, 4) is 0 Å². The van der Waals surface area contributed by atoms with Crippen LogP contribution in [0.5, 0.6) is 0 Å². The molecule has 96 valence electrons. The minimum absolute atomic E-state index is 0.0557. The van der Waals surface area contributed by atoms with Crippen LogP contribution >= 0.6 is 0 Å². The molecule has 0 saturated heterocycles. The summed E-state index contributed by atoms with van der Waals surface area (Å²) < 4.78 is 27.9. The lowest BCUT2D eigenvalue weighted by atomic mass is 9.70. The van der Waals surface area contributed by atoms with Crippen molar-refractivity contribution in [2.24, 2.45) is 11.1 Å². The highest BCUT2D eigenvalue weighted by molar-refractivity contribution is 4.89. The van der Waals surface area contributed by atoms with Crippen LogP contribution in [0.3, 0.4) is 0 Å². The van der Waals surface area contributed by atoms with Gasteiger partial charge in [-0.05, 0) is 41.6 Å². The van der Waals surface area contributed by atoms with Gasteiger partial charge in [-0.15, -0.1) is 5.10 Å². The number of aromatic nitrogens is 4. The molecule has 1 fully saturated rings. The SMILES string of the molecule is NCC1(CCn2cnnn2)CCC(F)(F)CC1. The minimum atomic E-state index is -2.51. The number of hydrogen-bond acceptors (Lipinski definition) is 4. The van der Waals surface area contributed by atoms with Gasteiger partial charge >= 0.3 is 0 Å². The van der Waals surface area contributed by atoms with Crippen LogP contribution in [0, 0.1) is 5.41 Å². The van der Waals surface area contributed by atoms with Crippen LogP contribution in [0.2, 0.25) is 0 Å². The summed E-state index contributed by atoms with van der Waals surface area (Å²) in [6.45, 7) is 1.08. The van der Waals surface area contributed by atoms with Crippen molar-refractivity contribution >= 4 is 0 Å². The number of rotatable bonds is 4. The quantitative estimate of drug-likeness (QED) is 0.865. The number of nitrogens with zero attached hydrogens (tertiary/aromatic N) is 4. The molecule has 1 aromatic rings. The van der Waals surface area contributed by atoms with Gasteiger partial charge in [-0.1, -0.05) is 0 Å². The largest absolute Gasteiger partial charge is 0.330 e. The molecule has 2 rings (SSSR count). The first-order chi connectivity index (χ1) is 8.05. The maximum Gasteiger partial charge on any atom is 0.248 e. The van der Waals surface area contributed by atoms with Crippen molar-refractivity contribution in [2.75, 3.05) is 6.54 Å². The molecule has 0 bridgehead atoms. The van der Waals surface area contributed by atoms with E-state index < -0.39 is 5.92 Å². The van der Waals surface area contributed by atoms with Gasteiger partial charge < -0.3 is 5.73 Å². The summed E-state index contributed by atoms with van der Waals surface area (Å²) in [4.78, 5) is 0. The standard InChI is InChI=1S/C10H17F2N5/c11-10(12)3-1-9(7-13,2-4-10)5-6-17-8-14-15-16-17/h8H,1-7,13H2. The van der Waals surface area contributed by atoms with Gasteiger partial charge in [-0.25, -0.2) is 13.5 Å². The maximum absolute atomic E-state index is 13.1. The van der Waals surface area contributed by atoms with Crippen molar-refractivity contribution in [1.29, 1.82) is 0 Å². The number of halogens is 2. The monoisotopic (exact) mass is 245 g/mol. The Labute approximate surface area is 98.4 Å². The molecule has 17 heavy (non-hydrogen) atoms. The van der Waals surface area contributed by atoms with Gasteiger partial charge in [-0.3, -0.25) is 0 Å². The van der Waals surface area contributed by atoms with Crippen LogP contribution in [0.1, 0.15) is 32.1 Å². The summed E-state index contributed by atoms with van der Waals surface area (Å²) in [6.07, 6.45) is 3.14. The molecule has 1 aromatic heterocycles. The third kappa shape index (κ3) is 2.96. The Kier molecular flexibility index (Phi) is 3.37. The van der Waals surface area contributed by atoms with Crippen LogP contribution in [0.25, 0.3) is 0 Å². The second-order valence-electron chi connectivity index (χ2n) is 4.88. The molecule has 2 N–H and O–H groups in total. The van der Waals surface area contributed by atoms with E-state index in [1.165, 1.54) is 6.33 Å². The van der Waals surface area contributed by atoms with Crippen molar-refractivity contribution in [1.82, 2.24) is 20.2 Å². The second-order valence-corrected chi connectivity index (χ2v) is 4.88. The molecule has 0 aliphatic heterocycles. The van der Waals surface area contributed by atoms with Crippen molar-refractivity contribution < 1.29 is 8.78 Å². The fourth-order valence-corrected chi connectivity index (χ4v) is 2.34. The summed E-state index contributed by atoms with van der Waals surface area (Å²) in [6, 6.07) is 0. The molecular weight excluding hydrogens is 228 g/mol. The molecule has 0 atom stereocenters. The first-order valence-corrected chi connectivity index (χ1v) is 5.84. The van der Waals surface area contributed by atoms with Gasteiger partial charge in [0.25, 0.3) is 0 Å². The first-order valence-electron chi connectivity index (χ1n) is 5.84. The molecule has 0 spiro atoms. The predicted octanol–water partition coefficient (Wildman–Crippen LogP) is 1.22. The molecule has 1 aliphatic rings. The molecule has 1 saturated carbocycles. The van der Waals surface area contributed by atoms with Gasteiger partial charge in [0.1, 0.15) is 6.33 Å². The Balaban J connectivity index is 1.92. The Bertz CT molecular complexity index is 342. The molecule has 0 aromatic carbocycles. The topological polar surface area (TPSA) is 69.6 Å². The zero-order valence-corrected chi connectivity index (χ0v) is 9.65. The Morgan fingerprint density at radius 2 is 1.94 bits per heavy atom. The lowest BCUT2D eigenvalue weighted by Crippen LogP contribution is -2.39. The van der Waals surface area contributed by atoms with Gasteiger partial charge in [0.05, 0.1) is 0 Å². The van der Waals surface area contributed by atoms with Gasteiger partial charge in [0.15, 0.2) is 0 Å². The number of hydrogen-bond donors (Lipinski definition) is 1. The van der Waals surface area contributed by atoms with E-state index >= 15 is 0 Å². The predicted molar refractivity (Wildman–Crippen MR) is 57.3 cm³/mol. The molecule has 0 unspecified atom stereocenters. The van der Waals surface area contributed by atoms with E-state index in [9.17, 15) is 8.78 Å². The number of alkyl halides is 2. The van der Waals surface area contributed by atoms with Crippen LogP contribution in [-0.4, -0.2) is 32.7 Å². The summed E-state index contributed by atoms with van der Waals surface area (Å²) in [5.41, 5.74) is 5.59. The average Bonchev–Trinajstić information content (AvgIpc) is 2.82. The summed E-state index contributed by atoms with van der Waals surface area (Å²) in [5, 5.41) is 10.8. The van der Waals surface area contributed by atoms with E-state index in [0.717, 1.165) is 6.42 Å².